The van der Waals surface area contributed by atoms with E-state index in [2.05, 4.69) is 10.1 Å². The minimum Gasteiger partial charge on any atom is -0.461 e. The summed E-state index contributed by atoms with van der Waals surface area (Å²) in [6, 6.07) is 7.41. The number of nitrogens with zero attached hydrogens (tertiary/aromatic N) is 1. The summed E-state index contributed by atoms with van der Waals surface area (Å²) in [5.41, 5.74) is -0.794. The van der Waals surface area contributed by atoms with Gasteiger partial charge in [0.05, 0.1) is 6.61 Å². The molecule has 2 aliphatic rings. The number of carbonyl (C=O) groups excluding carboxylic acids is 1. The Morgan fingerprint density at radius 1 is 1.25 bits per heavy atom. The van der Waals surface area contributed by atoms with Crippen LogP contribution in [0.1, 0.15) is 44.4 Å². The van der Waals surface area contributed by atoms with Crippen molar-refractivity contribution in [3.05, 3.63) is 62.9 Å². The summed E-state index contributed by atoms with van der Waals surface area (Å²) in [5, 5.41) is 2.64. The molecule has 2 aromatic rings. The van der Waals surface area contributed by atoms with Gasteiger partial charge in [0.15, 0.2) is 12.5 Å². The molecule has 12 nitrogen and oxygen atoms in total. The van der Waals surface area contributed by atoms with E-state index in [1.165, 1.54) is 17.7 Å². The summed E-state index contributed by atoms with van der Waals surface area (Å²) in [5.74, 6) is -0.283. The number of aromatic nitrogens is 2. The summed E-state index contributed by atoms with van der Waals surface area (Å²) < 4.78 is 42.8. The Kier molecular flexibility index (Phi) is 8.43. The third-order valence-electron chi connectivity index (χ3n) is 5.83. The molecular formula is C23H30N3O9P. The summed E-state index contributed by atoms with van der Waals surface area (Å²) in [6.45, 7) is 2.76. The Morgan fingerprint density at radius 2 is 1.97 bits per heavy atom. The van der Waals surface area contributed by atoms with E-state index in [9.17, 15) is 18.9 Å². The monoisotopic (exact) mass is 523 g/mol. The third-order valence-corrected chi connectivity index (χ3v) is 7.47. The first-order valence-corrected chi connectivity index (χ1v) is 13.3. The lowest BCUT2D eigenvalue weighted by molar-refractivity contribution is -0.150. The molecule has 1 unspecified atom stereocenters. The van der Waals surface area contributed by atoms with Crippen LogP contribution in [-0.4, -0.2) is 47.2 Å². The fraction of sp³-hybridized carbons (Fsp3) is 0.522. The standard InChI is InChI=1S/C23H30N3O9P/c1-15-12-26(23(29)24-21(15)27)19-13-31-20(34-19)14-32-36(30,35-18-10-4-3-5-11-18)25-16(2)22(28)33-17-8-6-7-9-17/h3-5,10-12,16-17,19-20H,6-9,13-14H2,1-2H3,(H,25,30)(H,24,27,29)/t16-,19+,20+,36?/m0/s1. The molecule has 1 saturated heterocycles. The van der Waals surface area contributed by atoms with Gasteiger partial charge in [-0.3, -0.25) is 23.7 Å². The predicted molar refractivity (Wildman–Crippen MR) is 127 cm³/mol. The number of ether oxygens (including phenoxy) is 3. The largest absolute Gasteiger partial charge is 0.461 e. The van der Waals surface area contributed by atoms with Crippen molar-refractivity contribution < 1.29 is 32.6 Å². The van der Waals surface area contributed by atoms with E-state index in [1.54, 1.807) is 37.3 Å². The van der Waals surface area contributed by atoms with Crippen molar-refractivity contribution in [1.29, 1.82) is 0 Å². The van der Waals surface area contributed by atoms with E-state index in [1.807, 2.05) is 0 Å². The predicted octanol–water partition coefficient (Wildman–Crippen LogP) is 2.38. The number of benzene rings is 1. The third kappa shape index (κ3) is 6.71. The minimum absolute atomic E-state index is 0.000800. The Labute approximate surface area is 207 Å². The molecule has 13 heteroatoms. The van der Waals surface area contributed by atoms with Crippen molar-refractivity contribution in [2.24, 2.45) is 0 Å². The molecule has 2 heterocycles. The molecule has 2 N–H and O–H groups in total. The number of H-pyrrole nitrogens is 1. The van der Waals surface area contributed by atoms with Crippen LogP contribution in [-0.2, 0) is 28.1 Å². The number of aromatic amines is 1. The van der Waals surface area contributed by atoms with Gasteiger partial charge in [-0.2, -0.15) is 5.09 Å². The molecular weight excluding hydrogens is 493 g/mol. The lowest BCUT2D eigenvalue weighted by Gasteiger charge is -2.24. The number of rotatable bonds is 10. The molecule has 196 valence electrons. The molecule has 1 aliphatic heterocycles. The van der Waals surface area contributed by atoms with E-state index >= 15 is 0 Å². The molecule has 2 fully saturated rings. The van der Waals surface area contributed by atoms with Gasteiger partial charge in [0.25, 0.3) is 5.56 Å². The smallest absolute Gasteiger partial charge is 0.459 e. The minimum atomic E-state index is -4.09. The van der Waals surface area contributed by atoms with Gasteiger partial charge in [-0.15, -0.1) is 0 Å². The van der Waals surface area contributed by atoms with Crippen molar-refractivity contribution in [2.45, 2.75) is 64.2 Å². The molecule has 1 aliphatic carbocycles. The summed E-state index contributed by atoms with van der Waals surface area (Å²) in [4.78, 5) is 38.5. The van der Waals surface area contributed by atoms with Gasteiger partial charge in [-0.05, 0) is 51.7 Å². The van der Waals surface area contributed by atoms with Crippen LogP contribution in [0.5, 0.6) is 5.75 Å². The number of nitrogens with one attached hydrogen (secondary N) is 2. The van der Waals surface area contributed by atoms with Crippen molar-refractivity contribution in [2.75, 3.05) is 13.2 Å². The molecule has 0 spiro atoms. The Bertz CT molecular complexity index is 1210. The Balaban J connectivity index is 1.40. The van der Waals surface area contributed by atoms with Crippen LogP contribution in [0.25, 0.3) is 0 Å². The number of aryl methyl sites for hydroxylation is 1. The van der Waals surface area contributed by atoms with Gasteiger partial charge < -0.3 is 18.7 Å². The highest BCUT2D eigenvalue weighted by atomic mass is 31.2. The molecule has 1 aromatic carbocycles. The molecule has 36 heavy (non-hydrogen) atoms. The van der Waals surface area contributed by atoms with Crippen molar-refractivity contribution in [3.8, 4) is 5.75 Å². The van der Waals surface area contributed by atoms with Gasteiger partial charge in [0, 0.05) is 11.8 Å². The lowest BCUT2D eigenvalue weighted by Crippen LogP contribution is -2.37. The van der Waals surface area contributed by atoms with Crippen LogP contribution in [0.15, 0.2) is 46.1 Å². The first-order valence-electron chi connectivity index (χ1n) is 11.8. The van der Waals surface area contributed by atoms with Gasteiger partial charge in [-0.25, -0.2) is 9.36 Å². The zero-order valence-corrected chi connectivity index (χ0v) is 21.0. The Morgan fingerprint density at radius 3 is 2.69 bits per heavy atom. The number of esters is 1. The maximum absolute atomic E-state index is 13.6. The molecule has 0 bridgehead atoms. The first-order chi connectivity index (χ1) is 17.2. The summed E-state index contributed by atoms with van der Waals surface area (Å²) >= 11 is 0. The molecule has 1 aromatic heterocycles. The number of hydrogen-bond acceptors (Lipinski definition) is 9. The second-order valence-corrected chi connectivity index (χ2v) is 10.4. The quantitative estimate of drug-likeness (QED) is 0.351. The fourth-order valence-electron chi connectivity index (χ4n) is 3.91. The van der Waals surface area contributed by atoms with Crippen LogP contribution in [0.3, 0.4) is 0 Å². The van der Waals surface area contributed by atoms with Crippen molar-refractivity contribution in [1.82, 2.24) is 14.6 Å². The number of para-hydroxylation sites is 1. The van der Waals surface area contributed by atoms with E-state index < -0.39 is 43.5 Å². The average molecular weight is 523 g/mol. The number of carbonyl (C=O) groups is 1. The maximum atomic E-state index is 13.6. The van der Waals surface area contributed by atoms with Crippen LogP contribution in [0.2, 0.25) is 0 Å². The first kappa shape index (κ1) is 26.3. The molecule has 1 saturated carbocycles. The van der Waals surface area contributed by atoms with E-state index in [0.29, 0.717) is 5.56 Å². The molecule has 0 amide bonds. The normalized spacial score (nSPS) is 22.7. The van der Waals surface area contributed by atoms with Crippen LogP contribution in [0.4, 0.5) is 0 Å². The molecule has 0 radical (unpaired) electrons. The second kappa shape index (κ2) is 11.5. The highest BCUT2D eigenvalue weighted by Gasteiger charge is 2.36. The SMILES string of the molecule is Cc1cn([C@H]2CO[C@@H](COP(=O)(N[C@@H](C)C(=O)OC3CCCC3)Oc3ccccc3)O2)c(=O)[nH]c1=O. The molecule has 4 rings (SSSR count). The van der Waals surface area contributed by atoms with Crippen LogP contribution < -0.4 is 20.9 Å². The summed E-state index contributed by atoms with van der Waals surface area (Å²) in [7, 11) is -4.09. The zero-order valence-electron chi connectivity index (χ0n) is 20.1. The lowest BCUT2D eigenvalue weighted by atomic mass is 10.3. The highest BCUT2D eigenvalue weighted by Crippen LogP contribution is 2.45. The van der Waals surface area contributed by atoms with Gasteiger partial charge in [0.2, 0.25) is 0 Å². The van der Waals surface area contributed by atoms with Gasteiger partial charge in [-0.1, -0.05) is 18.2 Å². The van der Waals surface area contributed by atoms with Crippen molar-refractivity contribution >= 4 is 13.7 Å². The van der Waals surface area contributed by atoms with Crippen LogP contribution in [0, 0.1) is 6.92 Å². The van der Waals surface area contributed by atoms with Crippen molar-refractivity contribution in [3.63, 3.8) is 0 Å². The number of hydrogen-bond donors (Lipinski definition) is 2. The van der Waals surface area contributed by atoms with Crippen LogP contribution >= 0.6 is 7.75 Å². The van der Waals surface area contributed by atoms with E-state index in [-0.39, 0.29) is 25.1 Å². The maximum Gasteiger partial charge on any atom is 0.459 e. The van der Waals surface area contributed by atoms with E-state index in [4.69, 9.17) is 23.3 Å². The zero-order chi connectivity index (χ0) is 25.7. The van der Waals surface area contributed by atoms with E-state index in [0.717, 1.165) is 25.7 Å². The van der Waals surface area contributed by atoms with Gasteiger partial charge in [0.1, 0.15) is 24.5 Å². The molecule has 4 atom stereocenters. The Hall–Kier alpha value is -2.76. The second-order valence-electron chi connectivity index (χ2n) is 8.72. The van der Waals surface area contributed by atoms with Gasteiger partial charge >= 0.3 is 19.4 Å². The fourth-order valence-corrected chi connectivity index (χ4v) is 5.39. The summed E-state index contributed by atoms with van der Waals surface area (Å²) in [6.07, 6.45) is 3.06. The highest BCUT2D eigenvalue weighted by molar-refractivity contribution is 7.52. The topological polar surface area (TPSA) is 147 Å². The average Bonchev–Trinajstić information content (AvgIpc) is 3.53.